The number of hydrogen-bond donors (Lipinski definition) is 1. The van der Waals surface area contributed by atoms with E-state index in [4.69, 9.17) is 26.8 Å². The van der Waals surface area contributed by atoms with Gasteiger partial charge in [-0.15, -0.1) is 0 Å². The van der Waals surface area contributed by atoms with E-state index < -0.39 is 5.97 Å². The number of methoxy groups -OCH3 is 1. The van der Waals surface area contributed by atoms with Crippen LogP contribution < -0.4 is 35.4 Å². The third-order valence-electron chi connectivity index (χ3n) is 4.72. The van der Waals surface area contributed by atoms with Gasteiger partial charge in [-0.2, -0.15) is 0 Å². The number of H-pyrrole nitrogens is 1. The first-order chi connectivity index (χ1) is 14.5. The Hall–Kier alpha value is -2.15. The standard InChI is InChI=1S/C18H18BClIN6O3/c1-9(28)30-18-23-13-7-12(20)14(24-15(13)25-18)11-8-22-17(26-16(11)29-2)27-5-3-10(21-19)4-6-27/h7-8,10H,3-6H2,1-2H3,(H,23,24,25)/q-1. The number of carbonyl (C=O) groups is 1. The quantitative estimate of drug-likeness (QED) is 0.193. The molecule has 30 heavy (non-hydrogen) atoms. The van der Waals surface area contributed by atoms with Crippen LogP contribution in [0.3, 0.4) is 0 Å². The van der Waals surface area contributed by atoms with Gasteiger partial charge in [0, 0.05) is 6.92 Å². The number of halogens is 2. The second-order valence-corrected chi connectivity index (χ2v) is 9.59. The average Bonchev–Trinajstić information content (AvgIpc) is 3.13. The molecule has 0 saturated carbocycles. The molecule has 3 aromatic rings. The van der Waals surface area contributed by atoms with Crippen molar-refractivity contribution in [2.45, 2.75) is 23.7 Å². The third-order valence-corrected chi connectivity index (χ3v) is 7.27. The molecule has 1 N–H and O–H groups in total. The number of nitrogens with zero attached hydrogens (tertiary/aromatic N) is 5. The van der Waals surface area contributed by atoms with Crippen LogP contribution in [0.15, 0.2) is 12.3 Å². The molecular formula is C18H18BClIN6O3-. The number of esters is 1. The van der Waals surface area contributed by atoms with Crippen LogP contribution >= 0.6 is 11.6 Å². The number of pyridine rings is 1. The van der Waals surface area contributed by atoms with Crippen molar-refractivity contribution in [1.29, 1.82) is 0 Å². The Labute approximate surface area is 189 Å². The number of hydrogen-bond acceptors (Lipinski definition) is 8. The Bertz CT molecular complexity index is 1090. The summed E-state index contributed by atoms with van der Waals surface area (Å²) in [5.41, 5.74) is 7.76. The van der Waals surface area contributed by atoms with E-state index in [-0.39, 0.29) is 27.0 Å². The number of alkyl halides is 1. The zero-order chi connectivity index (χ0) is 21.3. The van der Waals surface area contributed by atoms with Crippen LogP contribution in [0.4, 0.5) is 5.95 Å². The summed E-state index contributed by atoms with van der Waals surface area (Å²) >= 11 is 6.23. The van der Waals surface area contributed by atoms with Crippen molar-refractivity contribution in [3.05, 3.63) is 17.3 Å². The van der Waals surface area contributed by atoms with Crippen LogP contribution in [-0.2, 0) is 4.79 Å². The molecule has 0 bridgehead atoms. The Morgan fingerprint density at radius 2 is 2.10 bits per heavy atom. The molecule has 0 aromatic carbocycles. The Balaban J connectivity index is 1.67. The summed E-state index contributed by atoms with van der Waals surface area (Å²) in [5, 5.41) is 0.364. The summed E-state index contributed by atoms with van der Waals surface area (Å²) in [6.45, 7) is 3.05. The van der Waals surface area contributed by atoms with E-state index in [1.54, 1.807) is 19.4 Å². The fraction of sp³-hybridized carbons (Fsp3) is 0.389. The maximum atomic E-state index is 11.2. The van der Waals surface area contributed by atoms with Gasteiger partial charge in [0.2, 0.25) is 0 Å². The number of ether oxygens (including phenoxy) is 2. The van der Waals surface area contributed by atoms with Gasteiger partial charge >= 0.3 is 168 Å². The van der Waals surface area contributed by atoms with Crippen LogP contribution in [0.25, 0.3) is 22.4 Å². The van der Waals surface area contributed by atoms with Gasteiger partial charge in [-0.1, -0.05) is 0 Å². The van der Waals surface area contributed by atoms with Crippen molar-refractivity contribution in [2.75, 3.05) is 25.1 Å². The number of fused-ring (bicyclic) bond motifs is 1. The van der Waals surface area contributed by atoms with Crippen molar-refractivity contribution in [2.24, 2.45) is 0 Å². The predicted molar refractivity (Wildman–Crippen MR) is 109 cm³/mol. The number of anilines is 1. The summed E-state index contributed by atoms with van der Waals surface area (Å²) in [5.74, 6) is 0.500. The molecule has 1 saturated heterocycles. The summed E-state index contributed by atoms with van der Waals surface area (Å²) < 4.78 is 11.1. The van der Waals surface area contributed by atoms with E-state index in [1.165, 1.54) is 6.92 Å². The molecule has 12 heteroatoms. The molecule has 1 fully saturated rings. The molecule has 4 heterocycles. The van der Waals surface area contributed by atoms with Gasteiger partial charge in [0.15, 0.2) is 0 Å². The first kappa shape index (κ1) is 21.1. The fourth-order valence-corrected chi connectivity index (χ4v) is 4.80. The Morgan fingerprint density at radius 1 is 1.33 bits per heavy atom. The van der Waals surface area contributed by atoms with Crippen molar-refractivity contribution in [1.82, 2.24) is 24.9 Å². The van der Waals surface area contributed by atoms with Gasteiger partial charge in [0.25, 0.3) is 0 Å². The fourth-order valence-electron chi connectivity index (χ4n) is 3.27. The summed E-state index contributed by atoms with van der Waals surface area (Å²) in [6, 6.07) is 1.72. The van der Waals surface area contributed by atoms with Gasteiger partial charge in [-0.05, 0) is 0 Å². The number of rotatable bonds is 5. The number of carbonyl (C=O) groups excluding carboxylic acids is 1. The van der Waals surface area contributed by atoms with Gasteiger partial charge in [0.1, 0.15) is 0 Å². The number of imidazole rings is 1. The van der Waals surface area contributed by atoms with Crippen LogP contribution in [0.2, 0.25) is 5.02 Å². The first-order valence-electron chi connectivity index (χ1n) is 9.21. The van der Waals surface area contributed by atoms with Crippen LogP contribution in [0.5, 0.6) is 11.9 Å². The minimum atomic E-state index is -0.483. The zero-order valence-corrected chi connectivity index (χ0v) is 19.3. The molecule has 1 aliphatic rings. The molecule has 2 radical (unpaired) electrons. The minimum absolute atomic E-state index is 0.0556. The van der Waals surface area contributed by atoms with Crippen LogP contribution in [0, 0.1) is 0 Å². The van der Waals surface area contributed by atoms with Crippen molar-refractivity contribution in [3.63, 3.8) is 0 Å². The van der Waals surface area contributed by atoms with Crippen molar-refractivity contribution in [3.8, 4) is 23.1 Å². The van der Waals surface area contributed by atoms with E-state index >= 15 is 0 Å². The topological polar surface area (TPSA) is 106 Å². The molecular weight excluding hydrogens is 521 g/mol. The molecule has 4 rings (SSSR count). The van der Waals surface area contributed by atoms with Gasteiger partial charge < -0.3 is 9.72 Å². The monoisotopic (exact) mass is 539 g/mol. The van der Waals surface area contributed by atoms with Crippen LogP contribution in [-0.4, -0.2) is 60.7 Å². The Kier molecular flexibility index (Phi) is 6.28. The predicted octanol–water partition coefficient (Wildman–Crippen LogP) is -0.856. The van der Waals surface area contributed by atoms with Crippen molar-refractivity contribution < 1.29 is 35.3 Å². The molecule has 156 valence electrons. The molecule has 0 atom stereocenters. The molecule has 0 unspecified atom stereocenters. The maximum absolute atomic E-state index is 11.2. The number of aromatic amines is 1. The first-order valence-corrected chi connectivity index (χ1v) is 12.1. The van der Waals surface area contributed by atoms with E-state index in [0.29, 0.717) is 43.2 Å². The second kappa shape index (κ2) is 8.92. The molecule has 0 amide bonds. The van der Waals surface area contributed by atoms with Gasteiger partial charge in [0.05, 0.1) is 0 Å². The SMILES string of the molecule is [B][I-]C1CCN(c2ncc(-c3nc4nc(OC(C)=O)[nH]c4cc3Cl)c(OC)n2)CC1. The van der Waals surface area contributed by atoms with E-state index in [9.17, 15) is 4.79 Å². The number of aromatic nitrogens is 5. The molecule has 0 aliphatic carbocycles. The zero-order valence-electron chi connectivity index (χ0n) is 16.4. The third kappa shape index (κ3) is 4.31. The van der Waals surface area contributed by atoms with Crippen molar-refractivity contribution >= 4 is 40.4 Å². The normalized spacial score (nSPS) is 15.0. The number of nitrogens with one attached hydrogen (secondary N) is 1. The van der Waals surface area contributed by atoms with E-state index in [1.807, 2.05) is 0 Å². The van der Waals surface area contributed by atoms with Gasteiger partial charge in [-0.25, -0.2) is 0 Å². The van der Waals surface area contributed by atoms with Crippen LogP contribution in [0.1, 0.15) is 19.8 Å². The molecule has 9 nitrogen and oxygen atoms in total. The molecule has 0 spiro atoms. The average molecular weight is 540 g/mol. The molecule has 1 aliphatic heterocycles. The van der Waals surface area contributed by atoms with E-state index in [2.05, 4.69) is 29.8 Å². The van der Waals surface area contributed by atoms with Gasteiger partial charge in [-0.3, -0.25) is 4.79 Å². The second-order valence-electron chi connectivity index (χ2n) is 6.71. The number of piperidine rings is 1. The molecule has 3 aromatic heterocycles. The summed E-state index contributed by atoms with van der Waals surface area (Å²) in [6.07, 6.45) is 3.78. The summed E-state index contributed by atoms with van der Waals surface area (Å²) in [4.78, 5) is 33.9. The van der Waals surface area contributed by atoms with E-state index in [0.717, 1.165) is 25.9 Å². The summed E-state index contributed by atoms with van der Waals surface area (Å²) in [7, 11) is 1.54. The Morgan fingerprint density at radius 3 is 2.77 bits per heavy atom.